The number of aryl methyl sites for hydroxylation is 1. The summed E-state index contributed by atoms with van der Waals surface area (Å²) < 4.78 is 1.51. The number of hydrogen-bond acceptors (Lipinski definition) is 3. The first kappa shape index (κ1) is 8.49. The van der Waals surface area contributed by atoms with E-state index in [1.54, 1.807) is 25.5 Å². The number of nitrogens with zero attached hydrogens (tertiary/aromatic N) is 3. The molecule has 0 fully saturated rings. The molecule has 0 aliphatic heterocycles. The van der Waals surface area contributed by atoms with Crippen molar-refractivity contribution in [2.45, 2.75) is 0 Å². The van der Waals surface area contributed by atoms with Gasteiger partial charge in [-0.15, -0.1) is 0 Å². The lowest BCUT2D eigenvalue weighted by atomic mass is 10.4. The standard InChI is InChI=1S/C8H9N5O/c1-13-7(2-3-11-13)8(14)12-6-4-9-10-5-6/h2-5H,1H3,(H,9,10)(H,12,14). The molecule has 6 nitrogen and oxygen atoms in total. The SMILES string of the molecule is Cn1nccc1C(=O)Nc1cn[nH]c1. The molecule has 0 unspecified atom stereocenters. The maximum absolute atomic E-state index is 11.6. The lowest BCUT2D eigenvalue weighted by molar-refractivity contribution is 0.101. The first-order valence-corrected chi connectivity index (χ1v) is 4.05. The van der Waals surface area contributed by atoms with Gasteiger partial charge in [0.05, 0.1) is 11.9 Å². The predicted octanol–water partition coefficient (Wildman–Crippen LogP) is 0.395. The van der Waals surface area contributed by atoms with Gasteiger partial charge < -0.3 is 5.32 Å². The summed E-state index contributed by atoms with van der Waals surface area (Å²) in [7, 11) is 1.71. The molecule has 2 aromatic rings. The third-order valence-electron chi connectivity index (χ3n) is 1.81. The number of anilines is 1. The van der Waals surface area contributed by atoms with Crippen LogP contribution in [0.3, 0.4) is 0 Å². The highest BCUT2D eigenvalue weighted by Gasteiger charge is 2.09. The topological polar surface area (TPSA) is 75.6 Å². The van der Waals surface area contributed by atoms with Crippen molar-refractivity contribution < 1.29 is 4.79 Å². The Kier molecular flexibility index (Phi) is 2.02. The fourth-order valence-corrected chi connectivity index (χ4v) is 1.11. The molecule has 0 aliphatic rings. The predicted molar refractivity (Wildman–Crippen MR) is 49.7 cm³/mol. The second kappa shape index (κ2) is 3.33. The van der Waals surface area contributed by atoms with Gasteiger partial charge in [-0.2, -0.15) is 10.2 Å². The van der Waals surface area contributed by atoms with Crippen LogP contribution in [0, 0.1) is 0 Å². The zero-order valence-corrected chi connectivity index (χ0v) is 7.56. The molecule has 2 rings (SSSR count). The average Bonchev–Trinajstić information content (AvgIpc) is 2.75. The Hall–Kier alpha value is -2.11. The van der Waals surface area contributed by atoms with Crippen LogP contribution < -0.4 is 5.32 Å². The number of carbonyl (C=O) groups is 1. The van der Waals surface area contributed by atoms with Crippen molar-refractivity contribution in [1.82, 2.24) is 20.0 Å². The van der Waals surface area contributed by atoms with E-state index in [0.29, 0.717) is 11.4 Å². The number of aromatic amines is 1. The Morgan fingerprint density at radius 2 is 2.50 bits per heavy atom. The molecule has 2 heterocycles. The Bertz CT molecular complexity index is 430. The molecule has 6 heteroatoms. The molecule has 0 saturated carbocycles. The van der Waals surface area contributed by atoms with Gasteiger partial charge in [0.1, 0.15) is 5.69 Å². The third-order valence-corrected chi connectivity index (χ3v) is 1.81. The fraction of sp³-hybridized carbons (Fsp3) is 0.125. The summed E-state index contributed by atoms with van der Waals surface area (Å²) in [5.41, 5.74) is 1.14. The van der Waals surface area contributed by atoms with E-state index in [1.807, 2.05) is 0 Å². The number of rotatable bonds is 2. The van der Waals surface area contributed by atoms with Crippen LogP contribution in [0.1, 0.15) is 10.5 Å². The van der Waals surface area contributed by atoms with Crippen LogP contribution in [0.5, 0.6) is 0 Å². The van der Waals surface area contributed by atoms with E-state index < -0.39 is 0 Å². The number of nitrogens with one attached hydrogen (secondary N) is 2. The van der Waals surface area contributed by atoms with Gasteiger partial charge in [-0.25, -0.2) is 0 Å². The van der Waals surface area contributed by atoms with Gasteiger partial charge in [0.25, 0.3) is 5.91 Å². The molecule has 0 aromatic carbocycles. The number of hydrogen-bond donors (Lipinski definition) is 2. The maximum Gasteiger partial charge on any atom is 0.274 e. The highest BCUT2D eigenvalue weighted by atomic mass is 16.2. The lowest BCUT2D eigenvalue weighted by Gasteiger charge is -2.01. The molecule has 0 saturated heterocycles. The first-order valence-electron chi connectivity index (χ1n) is 4.05. The van der Waals surface area contributed by atoms with Crippen LogP contribution in [-0.4, -0.2) is 25.9 Å². The third kappa shape index (κ3) is 1.49. The van der Waals surface area contributed by atoms with Gasteiger partial charge in [-0.3, -0.25) is 14.6 Å². The van der Waals surface area contributed by atoms with E-state index in [9.17, 15) is 4.79 Å². The molecular weight excluding hydrogens is 182 g/mol. The minimum atomic E-state index is -0.202. The number of H-pyrrole nitrogens is 1. The highest BCUT2D eigenvalue weighted by molar-refractivity contribution is 6.02. The van der Waals surface area contributed by atoms with E-state index in [1.165, 1.54) is 10.9 Å². The highest BCUT2D eigenvalue weighted by Crippen LogP contribution is 2.04. The molecule has 1 amide bonds. The van der Waals surface area contributed by atoms with Gasteiger partial charge >= 0.3 is 0 Å². The molecule has 2 aromatic heterocycles. The van der Waals surface area contributed by atoms with Crippen molar-refractivity contribution in [1.29, 1.82) is 0 Å². The number of amides is 1. The van der Waals surface area contributed by atoms with Crippen LogP contribution in [-0.2, 0) is 7.05 Å². The lowest BCUT2D eigenvalue weighted by Crippen LogP contribution is -2.15. The normalized spacial score (nSPS) is 10.1. The minimum Gasteiger partial charge on any atom is -0.318 e. The quantitative estimate of drug-likeness (QED) is 0.721. The van der Waals surface area contributed by atoms with Gasteiger partial charge in [-0.1, -0.05) is 0 Å². The largest absolute Gasteiger partial charge is 0.318 e. The van der Waals surface area contributed by atoms with Crippen molar-refractivity contribution in [2.75, 3.05) is 5.32 Å². The Morgan fingerprint density at radius 1 is 1.64 bits per heavy atom. The van der Waals surface area contributed by atoms with Crippen molar-refractivity contribution >= 4 is 11.6 Å². The zero-order valence-electron chi connectivity index (χ0n) is 7.56. The van der Waals surface area contributed by atoms with Crippen molar-refractivity contribution in [3.63, 3.8) is 0 Å². The molecule has 72 valence electrons. The summed E-state index contributed by atoms with van der Waals surface area (Å²) >= 11 is 0. The second-order valence-electron chi connectivity index (χ2n) is 2.78. The molecule has 0 atom stereocenters. The van der Waals surface area contributed by atoms with Crippen molar-refractivity contribution in [3.05, 3.63) is 30.4 Å². The smallest absolute Gasteiger partial charge is 0.274 e. The van der Waals surface area contributed by atoms with E-state index in [-0.39, 0.29) is 5.91 Å². The van der Waals surface area contributed by atoms with Crippen molar-refractivity contribution in [3.8, 4) is 0 Å². The monoisotopic (exact) mass is 191 g/mol. The second-order valence-corrected chi connectivity index (χ2v) is 2.78. The van der Waals surface area contributed by atoms with Crippen LogP contribution >= 0.6 is 0 Å². The molecule has 0 spiro atoms. The summed E-state index contributed by atoms with van der Waals surface area (Å²) in [6, 6.07) is 1.65. The molecule has 14 heavy (non-hydrogen) atoms. The zero-order chi connectivity index (χ0) is 9.97. The average molecular weight is 191 g/mol. The summed E-state index contributed by atoms with van der Waals surface area (Å²) in [6.45, 7) is 0. The van der Waals surface area contributed by atoms with Crippen LogP contribution in [0.4, 0.5) is 5.69 Å². The van der Waals surface area contributed by atoms with Crippen molar-refractivity contribution in [2.24, 2.45) is 7.05 Å². The first-order chi connectivity index (χ1) is 6.77. The van der Waals surface area contributed by atoms with Crippen LogP contribution in [0.15, 0.2) is 24.7 Å². The van der Waals surface area contributed by atoms with E-state index >= 15 is 0 Å². The van der Waals surface area contributed by atoms with Gasteiger partial charge in [0.2, 0.25) is 0 Å². The molecule has 0 aliphatic carbocycles. The van der Waals surface area contributed by atoms with Crippen LogP contribution in [0.25, 0.3) is 0 Å². The van der Waals surface area contributed by atoms with Gasteiger partial charge in [0.15, 0.2) is 0 Å². The fourth-order valence-electron chi connectivity index (χ4n) is 1.11. The van der Waals surface area contributed by atoms with Gasteiger partial charge in [-0.05, 0) is 6.07 Å². The summed E-state index contributed by atoms with van der Waals surface area (Å²) in [4.78, 5) is 11.6. The Morgan fingerprint density at radius 3 is 3.07 bits per heavy atom. The van der Waals surface area contributed by atoms with Gasteiger partial charge in [0, 0.05) is 19.4 Å². The summed E-state index contributed by atoms with van der Waals surface area (Å²) in [6.07, 6.45) is 4.72. The van der Waals surface area contributed by atoms with Crippen LogP contribution in [0.2, 0.25) is 0 Å². The van der Waals surface area contributed by atoms with E-state index in [4.69, 9.17) is 0 Å². The number of carbonyl (C=O) groups excluding carboxylic acids is 1. The molecule has 0 bridgehead atoms. The molecule has 0 radical (unpaired) electrons. The molecule has 2 N–H and O–H groups in total. The minimum absolute atomic E-state index is 0.202. The Labute approximate surface area is 79.9 Å². The summed E-state index contributed by atoms with van der Waals surface area (Å²) in [5.74, 6) is -0.202. The van der Waals surface area contributed by atoms with E-state index in [2.05, 4.69) is 20.6 Å². The Balaban J connectivity index is 2.14. The number of aromatic nitrogens is 4. The molecular formula is C8H9N5O. The van der Waals surface area contributed by atoms with E-state index in [0.717, 1.165) is 0 Å². The maximum atomic E-state index is 11.6. The summed E-state index contributed by atoms with van der Waals surface area (Å²) in [5, 5.41) is 12.9.